The second-order valence-electron chi connectivity index (χ2n) is 4.05. The van der Waals surface area contributed by atoms with Crippen LogP contribution < -0.4 is 5.73 Å². The summed E-state index contributed by atoms with van der Waals surface area (Å²) in [6.45, 7) is 3.37. The maximum absolute atomic E-state index is 5.33. The lowest BCUT2D eigenvalue weighted by Crippen LogP contribution is -2.08. The molecule has 96 valence electrons. The lowest BCUT2D eigenvalue weighted by atomic mass is 10.1. The van der Waals surface area contributed by atoms with Crippen molar-refractivity contribution >= 4 is 0 Å². The molecule has 18 heavy (non-hydrogen) atoms. The molecule has 0 spiro atoms. The molecular formula is C13H17N3O2. The number of hydrogen-bond acceptors (Lipinski definition) is 5. The van der Waals surface area contributed by atoms with Crippen molar-refractivity contribution in [2.75, 3.05) is 13.2 Å². The number of nitrogens with two attached hydrogens (primary N) is 1. The quantitative estimate of drug-likeness (QED) is 0.782. The molecule has 1 aromatic heterocycles. The van der Waals surface area contributed by atoms with E-state index in [1.807, 2.05) is 12.1 Å². The zero-order valence-electron chi connectivity index (χ0n) is 10.4. The molecular weight excluding hydrogens is 230 g/mol. The van der Waals surface area contributed by atoms with E-state index in [-0.39, 0.29) is 0 Å². The van der Waals surface area contributed by atoms with E-state index in [2.05, 4.69) is 29.2 Å². The largest absolute Gasteiger partial charge is 0.370 e. The first-order chi connectivity index (χ1) is 8.79. The summed E-state index contributed by atoms with van der Waals surface area (Å²) in [5.74, 6) is 1.17. The van der Waals surface area contributed by atoms with Crippen LogP contribution in [-0.2, 0) is 17.8 Å². The summed E-state index contributed by atoms with van der Waals surface area (Å²) >= 11 is 0. The number of aromatic nitrogens is 2. The van der Waals surface area contributed by atoms with Crippen molar-refractivity contribution in [2.45, 2.75) is 20.0 Å². The van der Waals surface area contributed by atoms with Gasteiger partial charge < -0.3 is 15.0 Å². The number of hydrogen-bond donors (Lipinski definition) is 1. The van der Waals surface area contributed by atoms with Crippen molar-refractivity contribution in [3.63, 3.8) is 0 Å². The first kappa shape index (κ1) is 12.7. The molecule has 0 atom stereocenters. The lowest BCUT2D eigenvalue weighted by molar-refractivity contribution is 0.104. The maximum Gasteiger partial charge on any atom is 0.252 e. The fraction of sp³-hybridized carbons (Fsp3) is 0.385. The molecule has 0 saturated carbocycles. The summed E-state index contributed by atoms with van der Waals surface area (Å²) in [6.07, 6.45) is 0.674. The highest BCUT2D eigenvalue weighted by Gasteiger charge is 2.08. The Labute approximate surface area is 106 Å². The summed E-state index contributed by atoms with van der Waals surface area (Å²) in [4.78, 5) is 4.27. The fourth-order valence-electron chi connectivity index (χ4n) is 1.64. The van der Waals surface area contributed by atoms with E-state index in [1.165, 1.54) is 11.1 Å². The van der Waals surface area contributed by atoms with E-state index >= 15 is 0 Å². The van der Waals surface area contributed by atoms with Gasteiger partial charge in [-0.2, -0.15) is 4.98 Å². The highest BCUT2D eigenvalue weighted by Crippen LogP contribution is 2.11. The molecule has 0 bridgehead atoms. The van der Waals surface area contributed by atoms with Crippen LogP contribution in [0.5, 0.6) is 0 Å². The van der Waals surface area contributed by atoms with Crippen LogP contribution in [0.2, 0.25) is 0 Å². The van der Waals surface area contributed by atoms with Gasteiger partial charge in [-0.25, -0.2) is 0 Å². The number of aryl methyl sites for hydroxylation is 1. The first-order valence-corrected chi connectivity index (χ1v) is 5.93. The van der Waals surface area contributed by atoms with Crippen molar-refractivity contribution in [2.24, 2.45) is 5.73 Å². The summed E-state index contributed by atoms with van der Waals surface area (Å²) in [7, 11) is 0. The summed E-state index contributed by atoms with van der Waals surface area (Å²) in [6, 6.07) is 8.16. The van der Waals surface area contributed by atoms with E-state index in [0.717, 1.165) is 0 Å². The average Bonchev–Trinajstić information content (AvgIpc) is 2.80. The van der Waals surface area contributed by atoms with E-state index in [0.29, 0.717) is 37.9 Å². The fourth-order valence-corrected chi connectivity index (χ4v) is 1.64. The summed E-state index contributed by atoms with van der Waals surface area (Å²) in [5.41, 5.74) is 7.75. The van der Waals surface area contributed by atoms with Gasteiger partial charge in [0.2, 0.25) is 0 Å². The van der Waals surface area contributed by atoms with E-state index in [9.17, 15) is 0 Å². The van der Waals surface area contributed by atoms with Crippen molar-refractivity contribution < 1.29 is 9.26 Å². The monoisotopic (exact) mass is 247 g/mol. The van der Waals surface area contributed by atoms with E-state index in [1.54, 1.807) is 0 Å². The Balaban J connectivity index is 1.96. The second-order valence-corrected chi connectivity index (χ2v) is 4.05. The Morgan fingerprint density at radius 1 is 1.33 bits per heavy atom. The first-order valence-electron chi connectivity index (χ1n) is 5.93. The topological polar surface area (TPSA) is 74.2 Å². The molecule has 2 N–H and O–H groups in total. The Morgan fingerprint density at radius 3 is 2.94 bits per heavy atom. The standard InChI is InChI=1S/C13H17N3O2/c1-10-4-2-3-5-11(10)8-12-15-13(18-16-12)9-17-7-6-14/h2-5H,6-9,14H2,1H3. The molecule has 5 heteroatoms. The van der Waals surface area contributed by atoms with Crippen molar-refractivity contribution in [1.29, 1.82) is 0 Å². The molecule has 0 aliphatic heterocycles. The predicted octanol–water partition coefficient (Wildman–Crippen LogP) is 1.44. The van der Waals surface area contributed by atoms with Crippen LogP contribution in [0.3, 0.4) is 0 Å². The third kappa shape index (κ3) is 3.38. The lowest BCUT2D eigenvalue weighted by Gasteiger charge is -2.00. The minimum atomic E-state index is 0.317. The van der Waals surface area contributed by atoms with Crippen molar-refractivity contribution in [3.05, 3.63) is 47.1 Å². The van der Waals surface area contributed by atoms with Crippen molar-refractivity contribution in [3.8, 4) is 0 Å². The Morgan fingerprint density at radius 2 is 2.17 bits per heavy atom. The predicted molar refractivity (Wildman–Crippen MR) is 67.0 cm³/mol. The highest BCUT2D eigenvalue weighted by atomic mass is 16.5. The normalized spacial score (nSPS) is 10.8. The van der Waals surface area contributed by atoms with Crippen LogP contribution >= 0.6 is 0 Å². The van der Waals surface area contributed by atoms with Gasteiger partial charge in [0.1, 0.15) is 6.61 Å². The SMILES string of the molecule is Cc1ccccc1Cc1noc(COCCN)n1. The Bertz CT molecular complexity index is 496. The zero-order valence-corrected chi connectivity index (χ0v) is 10.4. The van der Waals surface area contributed by atoms with Gasteiger partial charge in [0.25, 0.3) is 5.89 Å². The van der Waals surface area contributed by atoms with E-state index in [4.69, 9.17) is 15.0 Å². The van der Waals surface area contributed by atoms with Crippen LogP contribution in [-0.4, -0.2) is 23.3 Å². The Hall–Kier alpha value is -1.72. The van der Waals surface area contributed by atoms with Gasteiger partial charge >= 0.3 is 0 Å². The molecule has 0 aliphatic rings. The zero-order chi connectivity index (χ0) is 12.8. The molecule has 0 fully saturated rings. The molecule has 0 amide bonds. The highest BCUT2D eigenvalue weighted by molar-refractivity contribution is 5.27. The van der Waals surface area contributed by atoms with Gasteiger partial charge in [0, 0.05) is 13.0 Å². The Kier molecular flexibility index (Phi) is 4.44. The van der Waals surface area contributed by atoms with Crippen LogP contribution in [0.1, 0.15) is 22.8 Å². The molecule has 0 radical (unpaired) electrons. The molecule has 2 aromatic rings. The third-order valence-electron chi connectivity index (χ3n) is 2.61. The minimum Gasteiger partial charge on any atom is -0.370 e. The molecule has 1 aromatic carbocycles. The third-order valence-corrected chi connectivity index (χ3v) is 2.61. The number of ether oxygens (including phenoxy) is 1. The maximum atomic E-state index is 5.33. The van der Waals surface area contributed by atoms with Gasteiger partial charge in [-0.05, 0) is 18.1 Å². The van der Waals surface area contributed by atoms with Gasteiger partial charge in [0.05, 0.1) is 6.61 Å². The molecule has 5 nitrogen and oxygen atoms in total. The van der Waals surface area contributed by atoms with Gasteiger partial charge in [0.15, 0.2) is 5.82 Å². The summed E-state index contributed by atoms with van der Waals surface area (Å²) < 4.78 is 10.3. The van der Waals surface area contributed by atoms with Crippen LogP contribution in [0, 0.1) is 6.92 Å². The molecule has 0 aliphatic carbocycles. The van der Waals surface area contributed by atoms with E-state index < -0.39 is 0 Å². The van der Waals surface area contributed by atoms with Crippen LogP contribution in [0.25, 0.3) is 0 Å². The minimum absolute atomic E-state index is 0.317. The molecule has 1 heterocycles. The molecule has 0 unspecified atom stereocenters. The average molecular weight is 247 g/mol. The van der Waals surface area contributed by atoms with Gasteiger partial charge in [-0.1, -0.05) is 29.4 Å². The number of benzene rings is 1. The summed E-state index contributed by atoms with van der Waals surface area (Å²) in [5, 5.41) is 3.93. The van der Waals surface area contributed by atoms with Gasteiger partial charge in [-0.15, -0.1) is 0 Å². The smallest absolute Gasteiger partial charge is 0.252 e. The number of nitrogens with zero attached hydrogens (tertiary/aromatic N) is 2. The number of rotatable bonds is 6. The molecule has 0 saturated heterocycles. The van der Waals surface area contributed by atoms with Crippen molar-refractivity contribution in [1.82, 2.24) is 10.1 Å². The molecule has 2 rings (SSSR count). The van der Waals surface area contributed by atoms with Gasteiger partial charge in [-0.3, -0.25) is 0 Å². The second kappa shape index (κ2) is 6.28. The van der Waals surface area contributed by atoms with Crippen LogP contribution in [0.4, 0.5) is 0 Å². The van der Waals surface area contributed by atoms with Crippen LogP contribution in [0.15, 0.2) is 28.8 Å².